The second-order valence-electron chi connectivity index (χ2n) is 6.45. The van der Waals surface area contributed by atoms with E-state index in [2.05, 4.69) is 18.7 Å². The van der Waals surface area contributed by atoms with Crippen LogP contribution in [-0.2, 0) is 4.74 Å². The molecule has 25 heavy (non-hydrogen) atoms. The van der Waals surface area contributed by atoms with Crippen molar-refractivity contribution in [2.75, 3.05) is 20.5 Å². The maximum atomic E-state index is 6.20. The molecule has 0 aromatic heterocycles. The van der Waals surface area contributed by atoms with E-state index < -0.39 is 0 Å². The lowest BCUT2D eigenvalue weighted by molar-refractivity contribution is 0.125. The van der Waals surface area contributed by atoms with Crippen molar-refractivity contribution in [1.29, 1.82) is 0 Å². The molecule has 0 bridgehead atoms. The van der Waals surface area contributed by atoms with Gasteiger partial charge in [-0.15, -0.1) is 0 Å². The molecule has 0 saturated carbocycles. The number of ether oxygens (including phenoxy) is 5. The van der Waals surface area contributed by atoms with Gasteiger partial charge in [-0.2, -0.15) is 0 Å². The average Bonchev–Trinajstić information content (AvgIpc) is 3.24. The molecule has 5 rings (SSSR count). The Bertz CT molecular complexity index is 842. The molecular weight excluding hydrogens is 320 g/mol. The highest BCUT2D eigenvalue weighted by Crippen LogP contribution is 2.52. The predicted octanol–water partition coefficient (Wildman–Crippen LogP) is 3.48. The number of fused-ring (bicyclic) bond motifs is 3. The summed E-state index contributed by atoms with van der Waals surface area (Å²) in [4.78, 5) is 0. The monoisotopic (exact) mass is 338 g/mol. The minimum atomic E-state index is -0.0486. The first-order chi connectivity index (χ1) is 12.2. The van der Waals surface area contributed by atoms with E-state index in [0.717, 1.165) is 34.3 Å². The van der Waals surface area contributed by atoms with Crippen LogP contribution in [0.25, 0.3) is 0 Å². The van der Waals surface area contributed by atoms with Crippen LogP contribution in [-0.4, -0.2) is 26.6 Å². The van der Waals surface area contributed by atoms with E-state index in [1.807, 2.05) is 24.3 Å². The molecule has 0 spiro atoms. The fraction of sp³-hybridized carbons (Fsp3) is 0.300. The van der Waals surface area contributed by atoms with Crippen molar-refractivity contribution in [3.05, 3.63) is 59.9 Å². The molecule has 1 fully saturated rings. The molecular formula is C20H18O5. The summed E-state index contributed by atoms with van der Waals surface area (Å²) >= 11 is 0. The second kappa shape index (κ2) is 5.34. The van der Waals surface area contributed by atoms with E-state index in [9.17, 15) is 0 Å². The molecule has 1 saturated heterocycles. The fourth-order valence-corrected chi connectivity index (χ4v) is 3.94. The molecule has 5 nitrogen and oxygen atoms in total. The van der Waals surface area contributed by atoms with Gasteiger partial charge in [-0.3, -0.25) is 0 Å². The Labute approximate surface area is 145 Å². The van der Waals surface area contributed by atoms with Crippen molar-refractivity contribution < 1.29 is 23.7 Å². The minimum absolute atomic E-state index is 0.0486. The maximum Gasteiger partial charge on any atom is 0.231 e. The van der Waals surface area contributed by atoms with Gasteiger partial charge in [0, 0.05) is 17.5 Å². The maximum absolute atomic E-state index is 6.20. The van der Waals surface area contributed by atoms with Crippen molar-refractivity contribution in [3.63, 3.8) is 0 Å². The van der Waals surface area contributed by atoms with Crippen LogP contribution in [0.4, 0.5) is 0 Å². The van der Waals surface area contributed by atoms with Crippen LogP contribution in [0.15, 0.2) is 48.7 Å². The molecule has 3 unspecified atom stereocenters. The third-order valence-corrected chi connectivity index (χ3v) is 5.16. The highest BCUT2D eigenvalue weighted by Gasteiger charge is 2.46. The third kappa shape index (κ3) is 2.15. The van der Waals surface area contributed by atoms with Gasteiger partial charge in [0.05, 0.1) is 18.8 Å². The summed E-state index contributed by atoms with van der Waals surface area (Å²) in [6.07, 6.45) is -0.0486. The zero-order chi connectivity index (χ0) is 17.0. The van der Waals surface area contributed by atoms with Crippen LogP contribution in [0.5, 0.6) is 23.0 Å². The number of benzene rings is 2. The molecule has 0 N–H and O–H groups in total. The zero-order valence-electron chi connectivity index (χ0n) is 13.9. The van der Waals surface area contributed by atoms with E-state index in [-0.39, 0.29) is 24.7 Å². The SMILES string of the molecule is C=C1OCC2Oc3cc4c(cc3C(c3ccc(OC)cc3)C12)OCO4. The minimum Gasteiger partial charge on any atom is -0.497 e. The smallest absolute Gasteiger partial charge is 0.231 e. The molecule has 3 atom stereocenters. The van der Waals surface area contributed by atoms with E-state index in [0.29, 0.717) is 6.61 Å². The zero-order valence-corrected chi connectivity index (χ0v) is 13.9. The Kier molecular flexibility index (Phi) is 3.10. The molecule has 0 aliphatic carbocycles. The van der Waals surface area contributed by atoms with Gasteiger partial charge < -0.3 is 23.7 Å². The second-order valence-corrected chi connectivity index (χ2v) is 6.45. The molecule has 3 aliphatic rings. The van der Waals surface area contributed by atoms with Crippen molar-refractivity contribution in [1.82, 2.24) is 0 Å². The first kappa shape index (κ1) is 14.5. The molecule has 2 aromatic rings. The first-order valence-corrected chi connectivity index (χ1v) is 8.30. The molecule has 3 heterocycles. The van der Waals surface area contributed by atoms with Crippen LogP contribution >= 0.6 is 0 Å². The summed E-state index contributed by atoms with van der Waals surface area (Å²) in [6.45, 7) is 4.87. The largest absolute Gasteiger partial charge is 0.497 e. The highest BCUT2D eigenvalue weighted by molar-refractivity contribution is 5.57. The normalized spacial score (nSPS) is 25.6. The van der Waals surface area contributed by atoms with E-state index >= 15 is 0 Å². The quantitative estimate of drug-likeness (QED) is 0.839. The van der Waals surface area contributed by atoms with Crippen LogP contribution in [0.3, 0.4) is 0 Å². The summed E-state index contributed by atoms with van der Waals surface area (Å²) in [7, 11) is 1.67. The van der Waals surface area contributed by atoms with Gasteiger partial charge in [-0.25, -0.2) is 0 Å². The topological polar surface area (TPSA) is 46.2 Å². The van der Waals surface area contributed by atoms with Crippen LogP contribution < -0.4 is 18.9 Å². The van der Waals surface area contributed by atoms with Crippen molar-refractivity contribution in [2.45, 2.75) is 12.0 Å². The van der Waals surface area contributed by atoms with Crippen LogP contribution in [0.2, 0.25) is 0 Å². The summed E-state index contributed by atoms with van der Waals surface area (Å²) < 4.78 is 28.3. The molecule has 0 radical (unpaired) electrons. The first-order valence-electron chi connectivity index (χ1n) is 8.30. The van der Waals surface area contributed by atoms with Gasteiger partial charge >= 0.3 is 0 Å². The molecule has 2 aromatic carbocycles. The summed E-state index contributed by atoms with van der Waals surface area (Å²) in [5.41, 5.74) is 2.24. The Morgan fingerprint density at radius 1 is 1.00 bits per heavy atom. The molecule has 3 aliphatic heterocycles. The Morgan fingerprint density at radius 2 is 1.76 bits per heavy atom. The lowest BCUT2D eigenvalue weighted by atomic mass is 9.76. The Morgan fingerprint density at radius 3 is 2.52 bits per heavy atom. The number of hydrogen-bond acceptors (Lipinski definition) is 5. The average molecular weight is 338 g/mol. The summed E-state index contributed by atoms with van der Waals surface area (Å²) in [5, 5.41) is 0. The van der Waals surface area contributed by atoms with Gasteiger partial charge in [0.25, 0.3) is 0 Å². The van der Waals surface area contributed by atoms with Crippen molar-refractivity contribution >= 4 is 0 Å². The third-order valence-electron chi connectivity index (χ3n) is 5.16. The van der Waals surface area contributed by atoms with E-state index in [1.165, 1.54) is 5.56 Å². The van der Waals surface area contributed by atoms with Gasteiger partial charge in [0.15, 0.2) is 11.5 Å². The van der Waals surface area contributed by atoms with Gasteiger partial charge in [0.2, 0.25) is 6.79 Å². The van der Waals surface area contributed by atoms with Gasteiger partial charge in [-0.1, -0.05) is 18.7 Å². The molecule has 0 amide bonds. The van der Waals surface area contributed by atoms with Gasteiger partial charge in [-0.05, 0) is 23.8 Å². The lowest BCUT2D eigenvalue weighted by Crippen LogP contribution is -2.34. The van der Waals surface area contributed by atoms with Crippen molar-refractivity contribution in [3.8, 4) is 23.0 Å². The van der Waals surface area contributed by atoms with Crippen molar-refractivity contribution in [2.24, 2.45) is 5.92 Å². The molecule has 128 valence electrons. The Balaban J connectivity index is 1.66. The fourth-order valence-electron chi connectivity index (χ4n) is 3.94. The standard InChI is InChI=1S/C20H18O5/c1-11-19-18(9-22-11)25-15-8-17-16(23-10-24-17)7-14(15)20(19)12-3-5-13(21-2)6-4-12/h3-8,18-20H,1,9-10H2,2H3. The van der Waals surface area contributed by atoms with Crippen LogP contribution in [0, 0.1) is 5.92 Å². The van der Waals surface area contributed by atoms with Crippen LogP contribution in [0.1, 0.15) is 17.0 Å². The number of rotatable bonds is 2. The highest BCUT2D eigenvalue weighted by atomic mass is 16.7. The predicted molar refractivity (Wildman–Crippen MR) is 90.4 cm³/mol. The summed E-state index contributed by atoms with van der Waals surface area (Å²) in [5.74, 6) is 4.07. The van der Waals surface area contributed by atoms with E-state index in [4.69, 9.17) is 23.7 Å². The number of hydrogen-bond donors (Lipinski definition) is 0. The summed E-state index contributed by atoms with van der Waals surface area (Å²) in [6, 6.07) is 12.1. The Hall–Kier alpha value is -2.82. The number of methoxy groups -OCH3 is 1. The van der Waals surface area contributed by atoms with E-state index in [1.54, 1.807) is 7.11 Å². The van der Waals surface area contributed by atoms with Gasteiger partial charge in [0.1, 0.15) is 24.2 Å². The molecule has 5 heteroatoms. The lowest BCUT2D eigenvalue weighted by Gasteiger charge is -2.35.